The highest BCUT2D eigenvalue weighted by Gasteiger charge is 1.98. The van der Waals surface area contributed by atoms with E-state index in [1.54, 1.807) is 12.4 Å². The van der Waals surface area contributed by atoms with Gasteiger partial charge in [0.05, 0.1) is 18.4 Å². The average molecular weight is 195 g/mol. The van der Waals surface area contributed by atoms with Crippen LogP contribution in [0.3, 0.4) is 0 Å². The summed E-state index contributed by atoms with van der Waals surface area (Å²) in [5.41, 5.74) is 6.55. The number of aromatic nitrogens is 3. The Morgan fingerprint density at radius 2 is 2.54 bits per heavy atom. The van der Waals surface area contributed by atoms with E-state index in [1.165, 1.54) is 11.3 Å². The maximum atomic E-state index is 5.52. The van der Waals surface area contributed by atoms with E-state index in [0.717, 1.165) is 10.8 Å². The van der Waals surface area contributed by atoms with E-state index in [4.69, 9.17) is 5.73 Å². The van der Waals surface area contributed by atoms with E-state index in [-0.39, 0.29) is 0 Å². The number of H-pyrrole nitrogens is 1. The van der Waals surface area contributed by atoms with Gasteiger partial charge in [0.2, 0.25) is 0 Å². The summed E-state index contributed by atoms with van der Waals surface area (Å²) in [6.07, 6.45) is 3.35. The largest absolute Gasteiger partial charge is 0.389 e. The Morgan fingerprint density at radius 3 is 3.15 bits per heavy atom. The maximum Gasteiger partial charge on any atom is 0.184 e. The molecule has 0 fully saturated rings. The molecule has 0 amide bonds. The molecule has 0 spiro atoms. The lowest BCUT2D eigenvalue weighted by Gasteiger charge is -1.97. The third-order valence-corrected chi connectivity index (χ3v) is 2.30. The molecule has 0 atom stereocenters. The second kappa shape index (κ2) is 3.44. The van der Waals surface area contributed by atoms with E-state index in [9.17, 15) is 0 Å². The molecule has 0 aliphatic carbocycles. The molecule has 2 rings (SSSR count). The molecule has 0 unspecified atom stereocenters. The van der Waals surface area contributed by atoms with Crippen molar-refractivity contribution in [2.75, 3.05) is 11.1 Å². The minimum Gasteiger partial charge on any atom is -0.389 e. The van der Waals surface area contributed by atoms with Gasteiger partial charge in [-0.05, 0) is 6.07 Å². The molecule has 2 aromatic rings. The van der Waals surface area contributed by atoms with Crippen LogP contribution in [0.4, 0.5) is 10.1 Å². The van der Waals surface area contributed by atoms with E-state index in [0.29, 0.717) is 11.5 Å². The number of rotatable bonds is 3. The van der Waals surface area contributed by atoms with Gasteiger partial charge >= 0.3 is 0 Å². The van der Waals surface area contributed by atoms with Crippen molar-refractivity contribution in [1.29, 1.82) is 0 Å². The Hall–Kier alpha value is -1.56. The molecule has 0 bridgehead atoms. The van der Waals surface area contributed by atoms with E-state index >= 15 is 0 Å². The summed E-state index contributed by atoms with van der Waals surface area (Å²) in [5, 5.41) is 11.3. The van der Waals surface area contributed by atoms with Crippen LogP contribution < -0.4 is 11.1 Å². The molecule has 0 aliphatic heterocycles. The van der Waals surface area contributed by atoms with Crippen molar-refractivity contribution in [3.05, 3.63) is 24.2 Å². The molecule has 0 saturated carbocycles. The van der Waals surface area contributed by atoms with Crippen LogP contribution in [0.1, 0.15) is 5.69 Å². The van der Waals surface area contributed by atoms with E-state index < -0.39 is 0 Å². The highest BCUT2D eigenvalue weighted by atomic mass is 32.1. The predicted octanol–water partition coefficient (Wildman–Crippen LogP) is 1.06. The van der Waals surface area contributed by atoms with E-state index in [1.807, 2.05) is 6.07 Å². The zero-order valence-electron chi connectivity index (χ0n) is 6.82. The Bertz CT molecular complexity index is 366. The molecule has 0 saturated heterocycles. The topological polar surface area (TPSA) is 79.6 Å². The molecule has 0 aromatic carbocycles. The highest BCUT2D eigenvalue weighted by molar-refractivity contribution is 7.19. The Kier molecular flexibility index (Phi) is 2.13. The van der Waals surface area contributed by atoms with Crippen molar-refractivity contribution in [3.63, 3.8) is 0 Å². The zero-order chi connectivity index (χ0) is 9.10. The third kappa shape index (κ3) is 1.97. The molecule has 13 heavy (non-hydrogen) atoms. The van der Waals surface area contributed by atoms with Crippen LogP contribution >= 0.6 is 11.3 Å². The molecule has 4 N–H and O–H groups in total. The smallest absolute Gasteiger partial charge is 0.184 e. The predicted molar refractivity (Wildman–Crippen MR) is 52.4 cm³/mol. The van der Waals surface area contributed by atoms with Gasteiger partial charge in [-0.3, -0.25) is 5.10 Å². The van der Waals surface area contributed by atoms with Gasteiger partial charge in [0, 0.05) is 6.20 Å². The van der Waals surface area contributed by atoms with Gasteiger partial charge in [-0.15, -0.1) is 0 Å². The lowest BCUT2D eigenvalue weighted by atomic mass is 10.4. The summed E-state index contributed by atoms with van der Waals surface area (Å²) in [6, 6.07) is 1.91. The van der Waals surface area contributed by atoms with Crippen LogP contribution in [0.5, 0.6) is 0 Å². The van der Waals surface area contributed by atoms with Gasteiger partial charge in [0.1, 0.15) is 5.00 Å². The first kappa shape index (κ1) is 8.06. The van der Waals surface area contributed by atoms with Gasteiger partial charge in [-0.2, -0.15) is 5.10 Å². The first-order valence-corrected chi connectivity index (χ1v) is 4.59. The van der Waals surface area contributed by atoms with Crippen molar-refractivity contribution in [3.8, 4) is 0 Å². The Morgan fingerprint density at radius 1 is 1.62 bits per heavy atom. The average Bonchev–Trinajstić information content (AvgIpc) is 2.71. The third-order valence-electron chi connectivity index (χ3n) is 1.51. The quantitative estimate of drug-likeness (QED) is 0.684. The minimum atomic E-state index is 0.687. The molecule has 5 nitrogen and oxygen atoms in total. The molecule has 2 heterocycles. The zero-order valence-corrected chi connectivity index (χ0v) is 7.64. The molecule has 68 valence electrons. The van der Waals surface area contributed by atoms with Gasteiger partial charge < -0.3 is 11.1 Å². The first-order valence-electron chi connectivity index (χ1n) is 3.78. The maximum absolute atomic E-state index is 5.52. The molecule has 2 aromatic heterocycles. The van der Waals surface area contributed by atoms with Crippen LogP contribution in [-0.4, -0.2) is 15.2 Å². The fraction of sp³-hybridized carbons (Fsp3) is 0.143. The molecule has 6 heteroatoms. The Labute approximate surface area is 79.0 Å². The number of thiazole rings is 1. The summed E-state index contributed by atoms with van der Waals surface area (Å²) < 4.78 is 0. The molecular weight excluding hydrogens is 186 g/mol. The summed E-state index contributed by atoms with van der Waals surface area (Å²) in [6.45, 7) is 0.687. The first-order chi connectivity index (χ1) is 6.34. The fourth-order valence-corrected chi connectivity index (χ4v) is 1.50. The summed E-state index contributed by atoms with van der Waals surface area (Å²) in [4.78, 5) is 4.06. The van der Waals surface area contributed by atoms with Gasteiger partial charge in [0.25, 0.3) is 0 Å². The summed E-state index contributed by atoms with van der Waals surface area (Å²) in [5.74, 6) is 0. The number of nitrogens with zero attached hydrogens (tertiary/aromatic N) is 2. The lowest BCUT2D eigenvalue weighted by Crippen LogP contribution is -1.98. The molecular formula is C7H9N5S. The number of hydrogen-bond acceptors (Lipinski definition) is 5. The van der Waals surface area contributed by atoms with E-state index in [2.05, 4.69) is 20.5 Å². The van der Waals surface area contributed by atoms with Crippen molar-refractivity contribution >= 4 is 21.5 Å². The second-order valence-electron chi connectivity index (χ2n) is 2.50. The van der Waals surface area contributed by atoms with Gasteiger partial charge in [0.15, 0.2) is 5.13 Å². The number of aromatic amines is 1. The van der Waals surface area contributed by atoms with Crippen molar-refractivity contribution < 1.29 is 0 Å². The minimum absolute atomic E-state index is 0.687. The fourth-order valence-electron chi connectivity index (χ4n) is 0.922. The van der Waals surface area contributed by atoms with Crippen molar-refractivity contribution in [2.24, 2.45) is 0 Å². The summed E-state index contributed by atoms with van der Waals surface area (Å²) in [7, 11) is 0. The lowest BCUT2D eigenvalue weighted by molar-refractivity contribution is 0.979. The number of anilines is 2. The number of hydrogen-bond donors (Lipinski definition) is 3. The van der Waals surface area contributed by atoms with Gasteiger partial charge in [-0.25, -0.2) is 4.98 Å². The number of nitrogen functional groups attached to an aromatic ring is 1. The standard InChI is InChI=1S/C7H9N5S/c8-6-4-10-7(13-6)9-3-5-1-2-11-12-5/h1-2,4H,3,8H2,(H,9,10)(H,11,12). The molecule has 0 aliphatic rings. The summed E-state index contributed by atoms with van der Waals surface area (Å²) >= 11 is 1.43. The molecule has 0 radical (unpaired) electrons. The normalized spacial score (nSPS) is 10.2. The van der Waals surface area contributed by atoms with Crippen LogP contribution in [-0.2, 0) is 6.54 Å². The van der Waals surface area contributed by atoms with Crippen LogP contribution in [0.2, 0.25) is 0 Å². The Balaban J connectivity index is 1.93. The van der Waals surface area contributed by atoms with Crippen LogP contribution in [0.25, 0.3) is 0 Å². The monoisotopic (exact) mass is 195 g/mol. The number of nitrogens with two attached hydrogens (primary N) is 1. The second-order valence-corrected chi connectivity index (χ2v) is 3.57. The highest BCUT2D eigenvalue weighted by Crippen LogP contribution is 2.19. The van der Waals surface area contributed by atoms with Crippen molar-refractivity contribution in [2.45, 2.75) is 6.54 Å². The van der Waals surface area contributed by atoms with Gasteiger partial charge in [-0.1, -0.05) is 11.3 Å². The van der Waals surface area contributed by atoms with Crippen LogP contribution in [0.15, 0.2) is 18.5 Å². The SMILES string of the molecule is Nc1cnc(NCc2ccn[nH]2)s1. The van der Waals surface area contributed by atoms with Crippen molar-refractivity contribution in [1.82, 2.24) is 15.2 Å². The number of nitrogens with one attached hydrogen (secondary N) is 2. The van der Waals surface area contributed by atoms with Crippen LogP contribution in [0, 0.1) is 0 Å².